The van der Waals surface area contributed by atoms with Crippen LogP contribution in [0.3, 0.4) is 0 Å². The zero-order chi connectivity index (χ0) is 17.0. The van der Waals surface area contributed by atoms with Gasteiger partial charge in [0, 0.05) is 11.6 Å². The lowest BCUT2D eigenvalue weighted by Crippen LogP contribution is -2.32. The van der Waals surface area contributed by atoms with E-state index >= 15 is 0 Å². The zero-order valence-corrected chi connectivity index (χ0v) is 12.1. The van der Waals surface area contributed by atoms with E-state index < -0.39 is 16.9 Å². The van der Waals surface area contributed by atoms with Gasteiger partial charge in [-0.1, -0.05) is 0 Å². The van der Waals surface area contributed by atoms with Crippen LogP contribution < -0.4 is 21.5 Å². The van der Waals surface area contributed by atoms with Crippen LogP contribution in [0.15, 0.2) is 12.1 Å². The van der Waals surface area contributed by atoms with Crippen LogP contribution in [0.2, 0.25) is 0 Å². The summed E-state index contributed by atoms with van der Waals surface area (Å²) in [7, 11) is 0. The number of nitrogens with zero attached hydrogens (tertiary/aromatic N) is 1. The lowest BCUT2D eigenvalue weighted by molar-refractivity contribution is -0.384. The van der Waals surface area contributed by atoms with Crippen molar-refractivity contribution >= 4 is 23.4 Å². The summed E-state index contributed by atoms with van der Waals surface area (Å²) in [5.41, 5.74) is 9.94. The topological polar surface area (TPSA) is 160 Å². The largest absolute Gasteiger partial charge is 0.489 e. The summed E-state index contributed by atoms with van der Waals surface area (Å²) in [6.07, 6.45) is 0.228. The number of nitro groups is 1. The molecule has 2 rings (SSSR count). The first-order valence-corrected chi connectivity index (χ1v) is 6.82. The maximum atomic E-state index is 11.2. The predicted molar refractivity (Wildman–Crippen MR) is 79.3 cm³/mol. The van der Waals surface area contributed by atoms with Gasteiger partial charge in [-0.05, 0) is 18.9 Å². The van der Waals surface area contributed by atoms with E-state index in [1.165, 1.54) is 6.07 Å². The summed E-state index contributed by atoms with van der Waals surface area (Å²) < 4.78 is 10.1. The first kappa shape index (κ1) is 16.3. The molecular formula is C13H16N4O6. The van der Waals surface area contributed by atoms with Gasteiger partial charge in [0.1, 0.15) is 12.4 Å². The standard InChI is InChI=1S/C13H16N4O6/c14-12(18)7-4-9(17(20)21)11-10(5-7)23-6-8(16-11)2-1-3-22-13(15)19/h4-5,8,16H,1-3,6H2,(H2,14,18)(H2,15,19). The fourth-order valence-electron chi connectivity index (χ4n) is 2.24. The molecule has 1 aromatic rings. The van der Waals surface area contributed by atoms with Crippen molar-refractivity contribution in [1.82, 2.24) is 0 Å². The Kier molecular flexibility index (Phi) is 4.84. The van der Waals surface area contributed by atoms with Gasteiger partial charge in [-0.2, -0.15) is 0 Å². The van der Waals surface area contributed by atoms with Gasteiger partial charge in [-0.25, -0.2) is 4.79 Å². The average molecular weight is 324 g/mol. The molecule has 0 spiro atoms. The quantitative estimate of drug-likeness (QED) is 0.395. The average Bonchev–Trinajstić information content (AvgIpc) is 2.49. The minimum Gasteiger partial charge on any atom is -0.489 e. The minimum absolute atomic E-state index is 0.00515. The van der Waals surface area contributed by atoms with Crippen molar-refractivity contribution in [2.24, 2.45) is 11.5 Å². The first-order valence-electron chi connectivity index (χ1n) is 6.82. The third-order valence-corrected chi connectivity index (χ3v) is 3.29. The summed E-state index contributed by atoms with van der Waals surface area (Å²) in [5, 5.41) is 14.2. The van der Waals surface area contributed by atoms with Crippen LogP contribution in [0, 0.1) is 10.1 Å². The number of carbonyl (C=O) groups is 2. The van der Waals surface area contributed by atoms with E-state index in [-0.39, 0.29) is 41.9 Å². The molecule has 0 radical (unpaired) electrons. The number of hydrogen-bond donors (Lipinski definition) is 3. The van der Waals surface area contributed by atoms with Crippen molar-refractivity contribution < 1.29 is 24.0 Å². The normalized spacial score (nSPS) is 15.7. The zero-order valence-electron chi connectivity index (χ0n) is 12.1. The Hall–Kier alpha value is -3.04. The van der Waals surface area contributed by atoms with E-state index in [9.17, 15) is 19.7 Å². The van der Waals surface area contributed by atoms with E-state index in [4.69, 9.17) is 16.2 Å². The molecule has 0 fully saturated rings. The molecule has 0 aromatic heterocycles. The molecule has 0 saturated heterocycles. The summed E-state index contributed by atoms with van der Waals surface area (Å²) in [4.78, 5) is 32.3. The highest BCUT2D eigenvalue weighted by Gasteiger charge is 2.28. The van der Waals surface area contributed by atoms with Gasteiger partial charge in [-0.3, -0.25) is 14.9 Å². The number of benzene rings is 1. The highest BCUT2D eigenvalue weighted by Crippen LogP contribution is 2.39. The van der Waals surface area contributed by atoms with Gasteiger partial charge in [0.2, 0.25) is 5.91 Å². The lowest BCUT2D eigenvalue weighted by Gasteiger charge is -2.27. The van der Waals surface area contributed by atoms with Crippen LogP contribution >= 0.6 is 0 Å². The Morgan fingerprint density at radius 1 is 1.43 bits per heavy atom. The van der Waals surface area contributed by atoms with Crippen molar-refractivity contribution in [3.63, 3.8) is 0 Å². The maximum Gasteiger partial charge on any atom is 0.404 e. The molecule has 0 aliphatic carbocycles. The van der Waals surface area contributed by atoms with Gasteiger partial charge < -0.3 is 26.3 Å². The van der Waals surface area contributed by atoms with Gasteiger partial charge in [0.25, 0.3) is 5.69 Å². The molecule has 1 atom stereocenters. The van der Waals surface area contributed by atoms with Crippen LogP contribution in [0.25, 0.3) is 0 Å². The third-order valence-electron chi connectivity index (χ3n) is 3.29. The molecule has 10 heteroatoms. The van der Waals surface area contributed by atoms with E-state index in [2.05, 4.69) is 10.1 Å². The van der Waals surface area contributed by atoms with Crippen molar-refractivity contribution in [2.75, 3.05) is 18.5 Å². The molecule has 0 bridgehead atoms. The molecular weight excluding hydrogens is 308 g/mol. The summed E-state index contributed by atoms with van der Waals surface area (Å²) in [6.45, 7) is 0.409. The number of hydrogen-bond acceptors (Lipinski definition) is 7. The number of nitrogens with two attached hydrogens (primary N) is 2. The Morgan fingerprint density at radius 2 is 2.17 bits per heavy atom. The van der Waals surface area contributed by atoms with Gasteiger partial charge in [0.05, 0.1) is 17.6 Å². The van der Waals surface area contributed by atoms with Gasteiger partial charge in [-0.15, -0.1) is 0 Å². The van der Waals surface area contributed by atoms with Gasteiger partial charge in [0.15, 0.2) is 5.69 Å². The molecule has 1 aliphatic heterocycles. The van der Waals surface area contributed by atoms with Crippen LogP contribution in [0.1, 0.15) is 23.2 Å². The van der Waals surface area contributed by atoms with Crippen LogP contribution in [-0.2, 0) is 4.74 Å². The fourth-order valence-corrected chi connectivity index (χ4v) is 2.24. The number of rotatable bonds is 6. The van der Waals surface area contributed by atoms with Crippen LogP contribution in [0.4, 0.5) is 16.2 Å². The molecule has 124 valence electrons. The molecule has 2 amide bonds. The Labute approximate surface area is 130 Å². The number of nitro benzene ring substituents is 1. The molecule has 1 aromatic carbocycles. The van der Waals surface area contributed by atoms with Crippen LogP contribution in [0.5, 0.6) is 5.75 Å². The number of nitrogens with one attached hydrogen (secondary N) is 1. The van der Waals surface area contributed by atoms with Gasteiger partial charge >= 0.3 is 6.09 Å². The Balaban J connectivity index is 2.11. The molecule has 0 saturated carbocycles. The van der Waals surface area contributed by atoms with Crippen LogP contribution in [-0.4, -0.2) is 36.2 Å². The minimum atomic E-state index is -0.849. The molecule has 1 unspecified atom stereocenters. The number of carbonyl (C=O) groups excluding carboxylic acids is 2. The number of anilines is 1. The third kappa shape index (κ3) is 3.99. The Bertz CT molecular complexity index is 648. The predicted octanol–water partition coefficient (Wildman–Crippen LogP) is 0.742. The molecule has 23 heavy (non-hydrogen) atoms. The number of amides is 2. The first-order chi connectivity index (χ1) is 10.9. The second-order valence-corrected chi connectivity index (χ2v) is 4.95. The van der Waals surface area contributed by atoms with E-state index in [0.717, 1.165) is 6.07 Å². The van der Waals surface area contributed by atoms with Crippen molar-refractivity contribution in [3.8, 4) is 5.75 Å². The number of fused-ring (bicyclic) bond motifs is 1. The second-order valence-electron chi connectivity index (χ2n) is 4.95. The summed E-state index contributed by atoms with van der Waals surface area (Å²) >= 11 is 0. The highest BCUT2D eigenvalue weighted by atomic mass is 16.6. The molecule has 1 aliphatic rings. The van der Waals surface area contributed by atoms with Crippen molar-refractivity contribution in [3.05, 3.63) is 27.8 Å². The fraction of sp³-hybridized carbons (Fsp3) is 0.385. The number of ether oxygens (including phenoxy) is 2. The van der Waals surface area contributed by atoms with Crippen molar-refractivity contribution in [1.29, 1.82) is 0 Å². The monoisotopic (exact) mass is 324 g/mol. The Morgan fingerprint density at radius 3 is 2.78 bits per heavy atom. The summed E-state index contributed by atoms with van der Waals surface area (Å²) in [5.74, 6) is -0.567. The highest BCUT2D eigenvalue weighted by molar-refractivity contribution is 5.95. The summed E-state index contributed by atoms with van der Waals surface area (Å²) in [6, 6.07) is 2.28. The second kappa shape index (κ2) is 6.81. The maximum absolute atomic E-state index is 11.2. The molecule has 5 N–H and O–H groups in total. The lowest BCUT2D eigenvalue weighted by atomic mass is 10.1. The number of primary amides is 2. The van der Waals surface area contributed by atoms with E-state index in [0.29, 0.717) is 12.8 Å². The van der Waals surface area contributed by atoms with E-state index in [1.807, 2.05) is 0 Å². The van der Waals surface area contributed by atoms with Crippen molar-refractivity contribution in [2.45, 2.75) is 18.9 Å². The van der Waals surface area contributed by atoms with E-state index in [1.54, 1.807) is 0 Å². The SMILES string of the molecule is NC(=O)OCCCC1COc2cc(C(N)=O)cc([N+](=O)[O-])c2N1. The molecule has 1 heterocycles. The molecule has 10 nitrogen and oxygen atoms in total. The smallest absolute Gasteiger partial charge is 0.404 e.